The summed E-state index contributed by atoms with van der Waals surface area (Å²) in [6.07, 6.45) is -0.534. The molecule has 4 atom stereocenters. The number of hydrogen-bond acceptors (Lipinski definition) is 7. The number of thiophene rings is 1. The van der Waals surface area contributed by atoms with Gasteiger partial charge in [-0.3, -0.25) is 24.0 Å². The Morgan fingerprint density at radius 3 is 1.98 bits per heavy atom. The predicted molar refractivity (Wildman–Crippen MR) is 202 cm³/mol. The molecule has 3 aromatic carbocycles. The maximum Gasteiger partial charge on any atom is 0.326 e. The summed E-state index contributed by atoms with van der Waals surface area (Å²) < 4.78 is 0. The SMILES string of the molecule is O=C1CCC(=O)N[C@H](Cc2cccs2)C(=O)N[C@@H](Cc2ccc(Cl)cc2Cl)C(=O)N[C@H](Cc2ccccc2)C(=O)N[C@@H](C(=O)O)Cc2ccc(cc2)N1. The van der Waals surface area contributed by atoms with Crippen LogP contribution in [0, 0.1) is 0 Å². The quantitative estimate of drug-likeness (QED) is 0.153. The van der Waals surface area contributed by atoms with Gasteiger partial charge in [0.2, 0.25) is 29.5 Å². The lowest BCUT2D eigenvalue weighted by molar-refractivity contribution is -0.142. The number of carboxylic acid groups (broad SMARTS) is 1. The van der Waals surface area contributed by atoms with Gasteiger partial charge in [-0.15, -0.1) is 11.3 Å². The van der Waals surface area contributed by atoms with Gasteiger partial charge in [-0.25, -0.2) is 4.79 Å². The standard InChI is InChI=1S/C38H37Cl2N5O7S/c39-25-11-10-24(28(40)20-25)19-30-36(49)43-29(17-22-5-2-1-3-6-22)35(48)45-32(38(51)52)18-23-8-12-26(13-9-23)41-33(46)14-15-34(47)42-31(37(50)44-30)21-27-7-4-16-53-27/h1-13,16,20,29-32H,14-15,17-19,21H2,(H,41,46)(H,42,47)(H,43,49)(H,44,50)(H,45,48)(H,51,52)/t29-,30+,31-,32-/m1/s1. The Bertz CT molecular complexity index is 1940. The zero-order chi connectivity index (χ0) is 37.9. The number of anilines is 1. The summed E-state index contributed by atoms with van der Waals surface area (Å²) in [5.74, 6) is -4.51. The summed E-state index contributed by atoms with van der Waals surface area (Å²) >= 11 is 14.0. The molecule has 0 radical (unpaired) electrons. The molecule has 0 unspecified atom stereocenters. The molecule has 12 nitrogen and oxygen atoms in total. The fraction of sp³-hybridized carbons (Fsp3) is 0.263. The highest BCUT2D eigenvalue weighted by atomic mass is 35.5. The topological polar surface area (TPSA) is 183 Å². The van der Waals surface area contributed by atoms with Crippen molar-refractivity contribution < 1.29 is 33.9 Å². The van der Waals surface area contributed by atoms with Gasteiger partial charge < -0.3 is 31.7 Å². The van der Waals surface area contributed by atoms with Gasteiger partial charge in [0, 0.05) is 59.1 Å². The first-order chi connectivity index (χ1) is 25.4. The largest absolute Gasteiger partial charge is 0.480 e. The Kier molecular flexibility index (Phi) is 13.6. The third kappa shape index (κ3) is 11.6. The molecule has 3 heterocycles. The number of carbonyl (C=O) groups excluding carboxylic acids is 5. The molecular formula is C38H37Cl2N5O7S. The lowest BCUT2D eigenvalue weighted by Gasteiger charge is -2.26. The minimum atomic E-state index is -1.37. The monoisotopic (exact) mass is 777 g/mol. The molecule has 53 heavy (non-hydrogen) atoms. The van der Waals surface area contributed by atoms with Crippen LogP contribution >= 0.6 is 34.5 Å². The molecule has 0 spiro atoms. The second-order valence-corrected chi connectivity index (χ2v) is 14.4. The molecule has 2 aliphatic heterocycles. The number of halogens is 2. The fourth-order valence-corrected chi connectivity index (χ4v) is 6.95. The predicted octanol–water partition coefficient (Wildman–Crippen LogP) is 4.08. The summed E-state index contributed by atoms with van der Waals surface area (Å²) in [7, 11) is 0. The Morgan fingerprint density at radius 1 is 0.698 bits per heavy atom. The van der Waals surface area contributed by atoms with Crippen LogP contribution in [0.5, 0.6) is 0 Å². The van der Waals surface area contributed by atoms with Crippen molar-refractivity contribution in [2.45, 2.75) is 62.7 Å². The second kappa shape index (κ2) is 18.5. The highest BCUT2D eigenvalue weighted by Crippen LogP contribution is 2.23. The summed E-state index contributed by atoms with van der Waals surface area (Å²) in [5, 5.41) is 26.0. The highest BCUT2D eigenvalue weighted by molar-refractivity contribution is 7.09. The van der Waals surface area contributed by atoms with Crippen molar-refractivity contribution in [1.82, 2.24) is 21.3 Å². The smallest absolute Gasteiger partial charge is 0.326 e. The minimum absolute atomic E-state index is 0.00141. The van der Waals surface area contributed by atoms with E-state index >= 15 is 0 Å². The van der Waals surface area contributed by atoms with Gasteiger partial charge >= 0.3 is 5.97 Å². The van der Waals surface area contributed by atoms with Crippen LogP contribution in [0.3, 0.4) is 0 Å². The van der Waals surface area contributed by atoms with E-state index in [1.54, 1.807) is 78.9 Å². The molecule has 15 heteroatoms. The molecule has 6 N–H and O–H groups in total. The van der Waals surface area contributed by atoms with E-state index in [2.05, 4.69) is 26.6 Å². The van der Waals surface area contributed by atoms with E-state index < -0.39 is 59.7 Å². The van der Waals surface area contributed by atoms with Gasteiger partial charge in [0.15, 0.2) is 0 Å². The van der Waals surface area contributed by atoms with E-state index in [0.29, 0.717) is 27.4 Å². The van der Waals surface area contributed by atoms with E-state index in [9.17, 15) is 33.9 Å². The first-order valence-corrected chi connectivity index (χ1v) is 18.4. The second-order valence-electron chi connectivity index (χ2n) is 12.5. The fourth-order valence-electron chi connectivity index (χ4n) is 5.71. The van der Waals surface area contributed by atoms with Crippen LogP contribution < -0.4 is 26.6 Å². The molecule has 2 bridgehead atoms. The van der Waals surface area contributed by atoms with Gasteiger partial charge in [-0.1, -0.05) is 77.8 Å². The first kappa shape index (κ1) is 39.0. The van der Waals surface area contributed by atoms with E-state index in [0.717, 1.165) is 4.88 Å². The van der Waals surface area contributed by atoms with Crippen molar-refractivity contribution in [3.8, 4) is 0 Å². The third-order valence-corrected chi connectivity index (χ3v) is 9.98. The van der Waals surface area contributed by atoms with Gasteiger partial charge in [-0.2, -0.15) is 0 Å². The first-order valence-electron chi connectivity index (χ1n) is 16.8. The normalized spacial score (nSPS) is 20.6. The highest BCUT2D eigenvalue weighted by Gasteiger charge is 2.32. The van der Waals surface area contributed by atoms with E-state index in [-0.39, 0.29) is 43.5 Å². The summed E-state index contributed by atoms with van der Waals surface area (Å²) in [6, 6.07) is 18.5. The lowest BCUT2D eigenvalue weighted by atomic mass is 10.0. The van der Waals surface area contributed by atoms with Crippen LogP contribution in [0.1, 0.15) is 34.4 Å². The number of aliphatic carboxylic acids is 1. The molecule has 0 saturated heterocycles. The molecule has 0 aliphatic carbocycles. The van der Waals surface area contributed by atoms with Crippen LogP contribution in [-0.2, 0) is 54.5 Å². The van der Waals surface area contributed by atoms with Gasteiger partial charge in [0.1, 0.15) is 24.2 Å². The number of benzene rings is 3. The molecule has 0 saturated carbocycles. The zero-order valence-electron chi connectivity index (χ0n) is 28.3. The summed E-state index contributed by atoms with van der Waals surface area (Å²) in [5.41, 5.74) is 2.13. The summed E-state index contributed by atoms with van der Waals surface area (Å²) in [4.78, 5) is 81.1. The zero-order valence-corrected chi connectivity index (χ0v) is 30.6. The Hall–Kier alpha value is -5.24. The minimum Gasteiger partial charge on any atom is -0.480 e. The molecule has 5 amide bonds. The number of rotatable bonds is 7. The third-order valence-electron chi connectivity index (χ3n) is 8.50. The van der Waals surface area contributed by atoms with Crippen LogP contribution in [0.25, 0.3) is 0 Å². The van der Waals surface area contributed by atoms with E-state index in [4.69, 9.17) is 23.2 Å². The van der Waals surface area contributed by atoms with E-state index in [1.165, 1.54) is 17.4 Å². The number of amides is 5. The number of nitrogens with one attached hydrogen (secondary N) is 5. The van der Waals surface area contributed by atoms with Crippen molar-refractivity contribution >= 4 is 75.7 Å². The van der Waals surface area contributed by atoms with Gasteiger partial charge in [0.25, 0.3) is 0 Å². The molecule has 4 aromatic rings. The maximum atomic E-state index is 14.2. The number of hydrogen-bond donors (Lipinski definition) is 6. The maximum absolute atomic E-state index is 14.2. The lowest BCUT2D eigenvalue weighted by Crippen LogP contribution is -2.59. The van der Waals surface area contributed by atoms with Gasteiger partial charge in [0.05, 0.1) is 0 Å². The van der Waals surface area contributed by atoms with Crippen LogP contribution in [0.2, 0.25) is 10.0 Å². The Balaban J connectivity index is 1.51. The molecule has 1 aromatic heterocycles. The van der Waals surface area contributed by atoms with Crippen LogP contribution in [-0.4, -0.2) is 64.8 Å². The molecule has 2 aliphatic rings. The van der Waals surface area contributed by atoms with Gasteiger partial charge in [-0.05, 0) is 52.4 Å². The molecule has 276 valence electrons. The van der Waals surface area contributed by atoms with Crippen molar-refractivity contribution in [3.05, 3.63) is 122 Å². The number of carboxylic acids is 1. The molecular weight excluding hydrogens is 741 g/mol. The van der Waals surface area contributed by atoms with E-state index in [1.807, 2.05) is 5.38 Å². The molecule has 6 rings (SSSR count). The Labute approximate surface area is 319 Å². The summed E-state index contributed by atoms with van der Waals surface area (Å²) in [6.45, 7) is 0. The average Bonchev–Trinajstić information content (AvgIpc) is 3.64. The van der Waals surface area contributed by atoms with Crippen molar-refractivity contribution in [3.63, 3.8) is 0 Å². The van der Waals surface area contributed by atoms with Crippen molar-refractivity contribution in [2.24, 2.45) is 0 Å². The van der Waals surface area contributed by atoms with Crippen LogP contribution in [0.15, 0.2) is 90.3 Å². The van der Waals surface area contributed by atoms with Crippen molar-refractivity contribution in [1.29, 1.82) is 0 Å². The number of carbonyl (C=O) groups is 6. The Morgan fingerprint density at radius 2 is 1.34 bits per heavy atom. The van der Waals surface area contributed by atoms with Crippen molar-refractivity contribution in [2.75, 3.05) is 5.32 Å². The number of fused-ring (bicyclic) bond motifs is 18. The molecule has 0 fully saturated rings. The van der Waals surface area contributed by atoms with Crippen LogP contribution in [0.4, 0.5) is 5.69 Å². The average molecular weight is 779 g/mol.